The molecule has 0 unspecified atom stereocenters. The van der Waals surface area contributed by atoms with Crippen molar-refractivity contribution in [1.82, 2.24) is 24.8 Å². The molecule has 5 rings (SSSR count). The Hall–Kier alpha value is -3.78. The first-order valence-corrected chi connectivity index (χ1v) is 10.5. The molecule has 8 heteroatoms. The van der Waals surface area contributed by atoms with Crippen LogP contribution in [0, 0.1) is 0 Å². The van der Waals surface area contributed by atoms with Gasteiger partial charge in [-0.2, -0.15) is 0 Å². The number of amides is 1. The van der Waals surface area contributed by atoms with E-state index in [2.05, 4.69) is 26.0 Å². The fourth-order valence-electron chi connectivity index (χ4n) is 3.83. The molecule has 1 saturated heterocycles. The number of hydrogen-bond acceptors (Lipinski definition) is 6. The van der Waals surface area contributed by atoms with Crippen molar-refractivity contribution in [3.63, 3.8) is 0 Å². The molecule has 1 fully saturated rings. The molecule has 1 aromatic carbocycles. The Morgan fingerprint density at radius 1 is 1.06 bits per heavy atom. The predicted octanol–water partition coefficient (Wildman–Crippen LogP) is 3.09. The van der Waals surface area contributed by atoms with E-state index in [9.17, 15) is 4.79 Å². The van der Waals surface area contributed by atoms with E-state index >= 15 is 0 Å². The van der Waals surface area contributed by atoms with Gasteiger partial charge in [0.2, 0.25) is 0 Å². The third-order valence-corrected chi connectivity index (χ3v) is 5.51. The van der Waals surface area contributed by atoms with Gasteiger partial charge in [0.15, 0.2) is 0 Å². The van der Waals surface area contributed by atoms with Gasteiger partial charge in [-0.3, -0.25) is 9.78 Å². The normalized spacial score (nSPS) is 14.0. The van der Waals surface area contributed by atoms with Gasteiger partial charge in [0.05, 0.1) is 31.7 Å². The van der Waals surface area contributed by atoms with Crippen LogP contribution < -0.4 is 4.74 Å². The molecule has 32 heavy (non-hydrogen) atoms. The molecule has 162 valence electrons. The Morgan fingerprint density at radius 2 is 1.91 bits per heavy atom. The summed E-state index contributed by atoms with van der Waals surface area (Å²) in [6.45, 7) is 2.41. The maximum absolute atomic E-state index is 12.8. The number of methoxy groups -OCH3 is 1. The summed E-state index contributed by atoms with van der Waals surface area (Å²) in [5.41, 5.74) is 4.08. The van der Waals surface area contributed by atoms with Crippen molar-refractivity contribution in [2.24, 2.45) is 0 Å². The summed E-state index contributed by atoms with van der Waals surface area (Å²) in [6.07, 6.45) is 4.02. The van der Waals surface area contributed by atoms with Crippen molar-refractivity contribution in [3.05, 3.63) is 71.9 Å². The van der Waals surface area contributed by atoms with Crippen LogP contribution in [0.15, 0.2) is 54.9 Å². The molecule has 0 atom stereocenters. The zero-order valence-electron chi connectivity index (χ0n) is 17.7. The van der Waals surface area contributed by atoms with Crippen LogP contribution in [-0.4, -0.2) is 64.2 Å². The standard InChI is InChI=1S/C24H23N5O3/c1-31-18-4-6-25-21(15-18)20-5-7-26-23(28-20)13-16-2-3-19-17(12-16)14-22(27-19)24(30)29-8-10-32-11-9-29/h2-7,12,14-15,27H,8-11,13H2,1H3. The molecule has 1 aliphatic rings. The number of morpholine rings is 1. The lowest BCUT2D eigenvalue weighted by Gasteiger charge is -2.26. The van der Waals surface area contributed by atoms with Gasteiger partial charge in [0, 0.05) is 48.9 Å². The number of pyridine rings is 1. The van der Waals surface area contributed by atoms with Crippen molar-refractivity contribution in [2.45, 2.75) is 6.42 Å². The molecular weight excluding hydrogens is 406 g/mol. The Kier molecular flexibility index (Phi) is 5.51. The summed E-state index contributed by atoms with van der Waals surface area (Å²) < 4.78 is 10.6. The first-order chi connectivity index (χ1) is 15.7. The Bertz CT molecular complexity index is 1260. The van der Waals surface area contributed by atoms with Gasteiger partial charge in [-0.05, 0) is 35.9 Å². The number of hydrogen-bond donors (Lipinski definition) is 1. The minimum Gasteiger partial charge on any atom is -0.497 e. The van der Waals surface area contributed by atoms with E-state index in [4.69, 9.17) is 9.47 Å². The highest BCUT2D eigenvalue weighted by Gasteiger charge is 2.20. The van der Waals surface area contributed by atoms with Crippen LogP contribution in [-0.2, 0) is 11.2 Å². The second kappa shape index (κ2) is 8.76. The highest BCUT2D eigenvalue weighted by molar-refractivity contribution is 5.98. The first kappa shape index (κ1) is 20.1. The predicted molar refractivity (Wildman–Crippen MR) is 120 cm³/mol. The highest BCUT2D eigenvalue weighted by Crippen LogP contribution is 2.22. The number of carbonyl (C=O) groups excluding carboxylic acids is 1. The zero-order chi connectivity index (χ0) is 21.9. The quantitative estimate of drug-likeness (QED) is 0.524. The van der Waals surface area contributed by atoms with Crippen molar-refractivity contribution in [1.29, 1.82) is 0 Å². The average molecular weight is 429 g/mol. The van der Waals surface area contributed by atoms with Crippen molar-refractivity contribution < 1.29 is 14.3 Å². The summed E-state index contributed by atoms with van der Waals surface area (Å²) >= 11 is 0. The first-order valence-electron chi connectivity index (χ1n) is 10.5. The maximum Gasteiger partial charge on any atom is 0.270 e. The van der Waals surface area contributed by atoms with E-state index in [0.29, 0.717) is 44.2 Å². The van der Waals surface area contributed by atoms with Gasteiger partial charge in [-0.15, -0.1) is 0 Å². The van der Waals surface area contributed by atoms with Crippen LogP contribution in [0.1, 0.15) is 21.9 Å². The van der Waals surface area contributed by atoms with Crippen LogP contribution in [0.3, 0.4) is 0 Å². The van der Waals surface area contributed by atoms with Gasteiger partial charge < -0.3 is 19.4 Å². The SMILES string of the molecule is COc1ccnc(-c2ccnc(Cc3ccc4[nH]c(C(=O)N5CCOCC5)cc4c3)n2)c1. The molecule has 3 aromatic heterocycles. The molecule has 4 aromatic rings. The van der Waals surface area contributed by atoms with Crippen LogP contribution in [0.25, 0.3) is 22.3 Å². The summed E-state index contributed by atoms with van der Waals surface area (Å²) in [4.78, 5) is 31.3. The van der Waals surface area contributed by atoms with E-state index in [0.717, 1.165) is 33.6 Å². The summed E-state index contributed by atoms with van der Waals surface area (Å²) in [5, 5.41) is 0.990. The number of aromatic amines is 1. The number of benzene rings is 1. The number of fused-ring (bicyclic) bond motifs is 1. The summed E-state index contributed by atoms with van der Waals surface area (Å²) in [6, 6.07) is 13.5. The highest BCUT2D eigenvalue weighted by atomic mass is 16.5. The second-order valence-electron chi connectivity index (χ2n) is 7.62. The topological polar surface area (TPSA) is 93.2 Å². The van der Waals surface area contributed by atoms with Crippen LogP contribution in [0.5, 0.6) is 5.75 Å². The molecule has 0 aliphatic carbocycles. The number of carbonyl (C=O) groups is 1. The largest absolute Gasteiger partial charge is 0.497 e. The number of rotatable bonds is 5. The van der Waals surface area contributed by atoms with Gasteiger partial charge in [-0.1, -0.05) is 6.07 Å². The van der Waals surface area contributed by atoms with Crippen molar-refractivity contribution >= 4 is 16.8 Å². The monoisotopic (exact) mass is 429 g/mol. The lowest BCUT2D eigenvalue weighted by Crippen LogP contribution is -2.40. The lowest BCUT2D eigenvalue weighted by atomic mass is 10.1. The van der Waals surface area contributed by atoms with E-state index in [1.54, 1.807) is 25.6 Å². The van der Waals surface area contributed by atoms with Gasteiger partial charge in [0.1, 0.15) is 17.3 Å². The maximum atomic E-state index is 12.8. The van der Waals surface area contributed by atoms with Crippen LogP contribution in [0.2, 0.25) is 0 Å². The second-order valence-corrected chi connectivity index (χ2v) is 7.62. The Balaban J connectivity index is 1.37. The molecule has 0 radical (unpaired) electrons. The minimum atomic E-state index is 0.00729. The smallest absolute Gasteiger partial charge is 0.270 e. The number of aromatic nitrogens is 4. The molecule has 1 aliphatic heterocycles. The Morgan fingerprint density at radius 3 is 2.75 bits per heavy atom. The van der Waals surface area contributed by atoms with Crippen molar-refractivity contribution in [3.8, 4) is 17.1 Å². The Labute approximate surface area is 185 Å². The van der Waals surface area contributed by atoms with Crippen LogP contribution in [0.4, 0.5) is 0 Å². The molecule has 8 nitrogen and oxygen atoms in total. The molecule has 4 heterocycles. The fraction of sp³-hybridized carbons (Fsp3) is 0.250. The van der Waals surface area contributed by atoms with Crippen LogP contribution >= 0.6 is 0 Å². The molecule has 1 N–H and O–H groups in total. The number of H-pyrrole nitrogens is 1. The minimum absolute atomic E-state index is 0.00729. The molecule has 0 bridgehead atoms. The number of nitrogens with zero attached hydrogens (tertiary/aromatic N) is 4. The zero-order valence-corrected chi connectivity index (χ0v) is 17.7. The van der Waals surface area contributed by atoms with Crippen molar-refractivity contribution in [2.75, 3.05) is 33.4 Å². The fourth-order valence-corrected chi connectivity index (χ4v) is 3.83. The molecule has 0 spiro atoms. The van der Waals surface area contributed by atoms with E-state index in [1.807, 2.05) is 35.2 Å². The summed E-state index contributed by atoms with van der Waals surface area (Å²) in [7, 11) is 1.63. The lowest BCUT2D eigenvalue weighted by molar-refractivity contribution is 0.0299. The molecule has 1 amide bonds. The van der Waals surface area contributed by atoms with E-state index < -0.39 is 0 Å². The third-order valence-electron chi connectivity index (χ3n) is 5.51. The van der Waals surface area contributed by atoms with Gasteiger partial charge in [-0.25, -0.2) is 9.97 Å². The number of nitrogens with one attached hydrogen (secondary N) is 1. The molecular formula is C24H23N5O3. The third kappa shape index (κ3) is 4.17. The van der Waals surface area contributed by atoms with Gasteiger partial charge in [0.25, 0.3) is 5.91 Å². The van der Waals surface area contributed by atoms with E-state index in [-0.39, 0.29) is 5.91 Å². The number of ether oxygens (including phenoxy) is 2. The van der Waals surface area contributed by atoms with Gasteiger partial charge >= 0.3 is 0 Å². The summed E-state index contributed by atoms with van der Waals surface area (Å²) in [5.74, 6) is 1.44. The molecule has 0 saturated carbocycles. The van der Waals surface area contributed by atoms with E-state index in [1.165, 1.54) is 0 Å². The average Bonchev–Trinajstić information content (AvgIpc) is 3.28.